The largest absolute Gasteiger partial charge is 0.508 e. The third kappa shape index (κ3) is 4.30. The van der Waals surface area contributed by atoms with Gasteiger partial charge >= 0.3 is 0 Å². The van der Waals surface area contributed by atoms with E-state index in [0.29, 0.717) is 22.6 Å². The van der Waals surface area contributed by atoms with Crippen LogP contribution >= 0.6 is 0 Å². The van der Waals surface area contributed by atoms with Crippen molar-refractivity contribution in [2.75, 3.05) is 4.90 Å². The third-order valence-electron chi connectivity index (χ3n) is 5.83. The van der Waals surface area contributed by atoms with Gasteiger partial charge in [0.05, 0.1) is 11.4 Å². The lowest BCUT2D eigenvalue weighted by molar-refractivity contribution is 0.450. The maximum Gasteiger partial charge on any atom is 0.134 e. The van der Waals surface area contributed by atoms with Crippen LogP contribution in [0, 0.1) is 27.7 Å². The second-order valence-corrected chi connectivity index (χ2v) is 8.18. The van der Waals surface area contributed by atoms with E-state index in [-0.39, 0.29) is 17.2 Å². The fourth-order valence-electron chi connectivity index (χ4n) is 3.86. The molecule has 5 heteroatoms. The Bertz CT molecular complexity index is 1280. The van der Waals surface area contributed by atoms with Crippen molar-refractivity contribution >= 4 is 17.1 Å². The standard InChI is InChI=1S/C28H27NO4/c1-17-14-18(2)28(16-27(17)32)33-22-9-5-8-21(15-22)29(23-10-6-12-25(30)19(23)3)24-11-7-13-26(31)20(24)4/h5-16,30-32H,1-4H3. The first-order valence-corrected chi connectivity index (χ1v) is 10.7. The van der Waals surface area contributed by atoms with E-state index in [9.17, 15) is 15.3 Å². The molecule has 0 unspecified atom stereocenters. The number of anilines is 3. The van der Waals surface area contributed by atoms with Crippen LogP contribution in [0.2, 0.25) is 0 Å². The smallest absolute Gasteiger partial charge is 0.134 e. The van der Waals surface area contributed by atoms with Crippen molar-refractivity contribution in [2.24, 2.45) is 0 Å². The number of phenols is 3. The second kappa shape index (κ2) is 8.79. The number of rotatable bonds is 5. The van der Waals surface area contributed by atoms with Crippen molar-refractivity contribution in [1.29, 1.82) is 0 Å². The van der Waals surface area contributed by atoms with Gasteiger partial charge in [0, 0.05) is 28.9 Å². The monoisotopic (exact) mass is 441 g/mol. The Morgan fingerprint density at radius 1 is 0.606 bits per heavy atom. The van der Waals surface area contributed by atoms with Gasteiger partial charge in [0.15, 0.2) is 0 Å². The Morgan fingerprint density at radius 3 is 1.79 bits per heavy atom. The van der Waals surface area contributed by atoms with Crippen LogP contribution in [0.4, 0.5) is 17.1 Å². The summed E-state index contributed by atoms with van der Waals surface area (Å²) in [5, 5.41) is 30.9. The number of ether oxygens (including phenoxy) is 1. The van der Waals surface area contributed by atoms with Crippen LogP contribution in [0.15, 0.2) is 72.8 Å². The summed E-state index contributed by atoms with van der Waals surface area (Å²) >= 11 is 0. The van der Waals surface area contributed by atoms with E-state index in [4.69, 9.17) is 4.74 Å². The first kappa shape index (κ1) is 22.1. The van der Waals surface area contributed by atoms with Crippen molar-refractivity contribution < 1.29 is 20.1 Å². The molecular formula is C28H27NO4. The van der Waals surface area contributed by atoms with E-state index >= 15 is 0 Å². The molecule has 0 aromatic heterocycles. The van der Waals surface area contributed by atoms with E-state index in [1.807, 2.05) is 75.1 Å². The molecule has 5 nitrogen and oxygen atoms in total. The summed E-state index contributed by atoms with van der Waals surface area (Å²) in [5.74, 6) is 1.73. The van der Waals surface area contributed by atoms with Crippen LogP contribution in [0.25, 0.3) is 0 Å². The summed E-state index contributed by atoms with van der Waals surface area (Å²) in [6, 6.07) is 21.8. The maximum absolute atomic E-state index is 10.4. The van der Waals surface area contributed by atoms with Gasteiger partial charge in [-0.3, -0.25) is 0 Å². The van der Waals surface area contributed by atoms with Crippen molar-refractivity contribution in [2.45, 2.75) is 27.7 Å². The lowest BCUT2D eigenvalue weighted by Gasteiger charge is -2.29. The zero-order chi connectivity index (χ0) is 23.7. The molecule has 0 heterocycles. The Hall–Kier alpha value is -4.12. The molecule has 0 fully saturated rings. The molecule has 4 rings (SSSR count). The summed E-state index contributed by atoms with van der Waals surface area (Å²) in [6.07, 6.45) is 0. The highest BCUT2D eigenvalue weighted by Gasteiger charge is 2.20. The zero-order valence-corrected chi connectivity index (χ0v) is 19.1. The fraction of sp³-hybridized carbons (Fsp3) is 0.143. The fourth-order valence-corrected chi connectivity index (χ4v) is 3.86. The second-order valence-electron chi connectivity index (χ2n) is 8.18. The van der Waals surface area contributed by atoms with Crippen LogP contribution < -0.4 is 9.64 Å². The number of aromatic hydroxyl groups is 3. The van der Waals surface area contributed by atoms with Gasteiger partial charge in [0.25, 0.3) is 0 Å². The topological polar surface area (TPSA) is 73.2 Å². The molecule has 4 aromatic carbocycles. The van der Waals surface area contributed by atoms with Crippen LogP contribution in [-0.4, -0.2) is 15.3 Å². The number of nitrogens with zero attached hydrogens (tertiary/aromatic N) is 1. The normalized spacial score (nSPS) is 10.8. The van der Waals surface area contributed by atoms with Crippen LogP contribution in [0.3, 0.4) is 0 Å². The van der Waals surface area contributed by atoms with Crippen molar-refractivity contribution in [1.82, 2.24) is 0 Å². The van der Waals surface area contributed by atoms with Gasteiger partial charge < -0.3 is 25.0 Å². The Labute approximate surface area is 193 Å². The minimum absolute atomic E-state index is 0.180. The van der Waals surface area contributed by atoms with Gasteiger partial charge in [-0.15, -0.1) is 0 Å². The van der Waals surface area contributed by atoms with Gasteiger partial charge in [0.2, 0.25) is 0 Å². The number of hydrogen-bond donors (Lipinski definition) is 3. The van der Waals surface area contributed by atoms with Gasteiger partial charge in [-0.2, -0.15) is 0 Å². The average Bonchev–Trinajstić information content (AvgIpc) is 2.78. The molecule has 4 aromatic rings. The van der Waals surface area contributed by atoms with Crippen molar-refractivity contribution in [3.8, 4) is 28.7 Å². The van der Waals surface area contributed by atoms with Gasteiger partial charge in [-0.25, -0.2) is 0 Å². The van der Waals surface area contributed by atoms with Crippen molar-refractivity contribution in [3.63, 3.8) is 0 Å². The molecule has 0 radical (unpaired) electrons. The number of phenolic OH excluding ortho intramolecular Hbond substituents is 3. The molecule has 33 heavy (non-hydrogen) atoms. The van der Waals surface area contributed by atoms with Crippen LogP contribution in [-0.2, 0) is 0 Å². The highest BCUT2D eigenvalue weighted by molar-refractivity contribution is 5.82. The van der Waals surface area contributed by atoms with Gasteiger partial charge in [0.1, 0.15) is 28.7 Å². The predicted molar refractivity (Wildman–Crippen MR) is 132 cm³/mol. The average molecular weight is 442 g/mol. The summed E-state index contributed by atoms with van der Waals surface area (Å²) < 4.78 is 6.13. The summed E-state index contributed by atoms with van der Waals surface area (Å²) in [5.41, 5.74) is 5.49. The number of hydrogen-bond acceptors (Lipinski definition) is 5. The molecule has 3 N–H and O–H groups in total. The SMILES string of the molecule is Cc1cc(C)c(Oc2cccc(N(c3cccc(O)c3C)c3cccc(O)c3C)c2)cc1O. The maximum atomic E-state index is 10.4. The lowest BCUT2D eigenvalue weighted by Crippen LogP contribution is -2.12. The molecule has 0 amide bonds. The van der Waals surface area contributed by atoms with Crippen LogP contribution in [0.1, 0.15) is 22.3 Å². The van der Waals surface area contributed by atoms with Gasteiger partial charge in [-0.1, -0.05) is 18.2 Å². The summed E-state index contributed by atoms with van der Waals surface area (Å²) in [6.45, 7) is 7.49. The minimum atomic E-state index is 0.180. The zero-order valence-electron chi connectivity index (χ0n) is 19.1. The summed E-state index contributed by atoms with van der Waals surface area (Å²) in [7, 11) is 0. The highest BCUT2D eigenvalue weighted by Crippen LogP contribution is 2.43. The molecule has 0 bridgehead atoms. The van der Waals surface area contributed by atoms with E-state index < -0.39 is 0 Å². The van der Waals surface area contributed by atoms with Gasteiger partial charge in [-0.05, 0) is 81.3 Å². The predicted octanol–water partition coefficient (Wildman–Crippen LogP) is 7.30. The minimum Gasteiger partial charge on any atom is -0.508 e. The number of benzene rings is 4. The molecular weight excluding hydrogens is 414 g/mol. The number of aryl methyl sites for hydroxylation is 2. The van der Waals surface area contributed by atoms with E-state index in [1.54, 1.807) is 30.3 Å². The first-order chi connectivity index (χ1) is 15.8. The van der Waals surface area contributed by atoms with Crippen molar-refractivity contribution in [3.05, 3.63) is 95.1 Å². The van der Waals surface area contributed by atoms with E-state index in [0.717, 1.165) is 28.2 Å². The molecule has 0 spiro atoms. The Kier molecular flexibility index (Phi) is 5.88. The molecule has 0 saturated heterocycles. The Morgan fingerprint density at radius 2 is 1.18 bits per heavy atom. The van der Waals surface area contributed by atoms with E-state index in [2.05, 4.69) is 0 Å². The van der Waals surface area contributed by atoms with E-state index in [1.165, 1.54) is 0 Å². The lowest BCUT2D eigenvalue weighted by atomic mass is 10.1. The first-order valence-electron chi connectivity index (χ1n) is 10.7. The molecule has 0 atom stereocenters. The molecule has 0 aliphatic heterocycles. The quantitative estimate of drug-likeness (QED) is 0.303. The third-order valence-corrected chi connectivity index (χ3v) is 5.83. The molecule has 0 aliphatic carbocycles. The summed E-state index contributed by atoms with van der Waals surface area (Å²) in [4.78, 5) is 1.98. The molecule has 168 valence electrons. The molecule has 0 saturated carbocycles. The Balaban J connectivity index is 1.84. The molecule has 0 aliphatic rings. The van der Waals surface area contributed by atoms with Crippen LogP contribution in [0.5, 0.6) is 28.7 Å². The highest BCUT2D eigenvalue weighted by atomic mass is 16.5.